The van der Waals surface area contributed by atoms with Gasteiger partial charge in [0, 0.05) is 44.1 Å². The van der Waals surface area contributed by atoms with Crippen molar-refractivity contribution in [1.29, 1.82) is 0 Å². The Labute approximate surface area is 139 Å². The number of hydrogen-bond donors (Lipinski definition) is 1. The maximum atomic E-state index is 12.2. The number of thioether (sulfide) groups is 1. The van der Waals surface area contributed by atoms with Crippen LogP contribution in [0.25, 0.3) is 0 Å². The lowest BCUT2D eigenvalue weighted by molar-refractivity contribution is -0.133. The van der Waals surface area contributed by atoms with Crippen molar-refractivity contribution < 1.29 is 9.59 Å². The molecule has 22 heavy (non-hydrogen) atoms. The molecule has 122 valence electrons. The first-order valence-electron chi connectivity index (χ1n) is 7.55. The first kappa shape index (κ1) is 17.3. The minimum atomic E-state index is -0.0693. The topological polar surface area (TPSA) is 62.3 Å². The van der Waals surface area contributed by atoms with Crippen LogP contribution in [-0.4, -0.2) is 47.6 Å². The third kappa shape index (κ3) is 4.98. The number of nitrogens with one attached hydrogen (secondary N) is 1. The summed E-state index contributed by atoms with van der Waals surface area (Å²) in [6.45, 7) is 3.50. The smallest absolute Gasteiger partial charge is 0.224 e. The monoisotopic (exact) mass is 341 g/mol. The fraction of sp³-hybridized carbons (Fsp3) is 0.667. The molecule has 0 aliphatic carbocycles. The van der Waals surface area contributed by atoms with E-state index in [4.69, 9.17) is 0 Å². The highest BCUT2D eigenvalue weighted by molar-refractivity contribution is 7.97. The molecular formula is C15H23N3O2S2. The second-order valence-electron chi connectivity index (χ2n) is 5.51. The Kier molecular flexibility index (Phi) is 6.70. The summed E-state index contributed by atoms with van der Waals surface area (Å²) in [4.78, 5) is 29.9. The normalized spacial score (nSPS) is 18.3. The van der Waals surface area contributed by atoms with Gasteiger partial charge in [-0.2, -0.15) is 11.8 Å². The molecule has 1 fully saturated rings. The molecule has 5 nitrogen and oxygen atoms in total. The summed E-state index contributed by atoms with van der Waals surface area (Å²) in [5.41, 5.74) is 1.04. The van der Waals surface area contributed by atoms with E-state index in [1.54, 1.807) is 34.9 Å². The summed E-state index contributed by atoms with van der Waals surface area (Å²) < 4.78 is 0. The van der Waals surface area contributed by atoms with Crippen LogP contribution in [0.2, 0.25) is 0 Å². The second kappa shape index (κ2) is 8.53. The predicted octanol–water partition coefficient (Wildman–Crippen LogP) is 1.92. The van der Waals surface area contributed by atoms with Crippen LogP contribution in [0, 0.1) is 5.92 Å². The summed E-state index contributed by atoms with van der Waals surface area (Å²) in [6, 6.07) is 0. The van der Waals surface area contributed by atoms with Gasteiger partial charge < -0.3 is 10.2 Å². The van der Waals surface area contributed by atoms with E-state index in [-0.39, 0.29) is 17.7 Å². The molecule has 0 unspecified atom stereocenters. The molecule has 0 bridgehead atoms. The molecule has 1 aliphatic heterocycles. The number of piperidine rings is 1. The van der Waals surface area contributed by atoms with Crippen molar-refractivity contribution in [2.45, 2.75) is 31.9 Å². The van der Waals surface area contributed by atoms with Crippen LogP contribution in [0.1, 0.15) is 30.5 Å². The molecule has 0 aromatic carbocycles. The van der Waals surface area contributed by atoms with Crippen LogP contribution in [0.3, 0.4) is 0 Å². The van der Waals surface area contributed by atoms with Crippen molar-refractivity contribution in [3.63, 3.8) is 0 Å². The number of amides is 2. The zero-order valence-electron chi connectivity index (χ0n) is 13.1. The van der Waals surface area contributed by atoms with E-state index in [0.29, 0.717) is 13.1 Å². The molecule has 1 aromatic rings. The van der Waals surface area contributed by atoms with Crippen molar-refractivity contribution in [2.75, 3.05) is 25.9 Å². The first-order valence-corrected chi connectivity index (χ1v) is 9.83. The van der Waals surface area contributed by atoms with Crippen LogP contribution in [0.5, 0.6) is 0 Å². The largest absolute Gasteiger partial charge is 0.355 e. The van der Waals surface area contributed by atoms with Gasteiger partial charge in [0.2, 0.25) is 11.8 Å². The SMILES string of the molecule is CSCc1nc(CCNC(=O)[C@H]2CCCN(C(C)=O)C2)cs1. The Morgan fingerprint density at radius 2 is 2.36 bits per heavy atom. The van der Waals surface area contributed by atoms with Gasteiger partial charge in [0.1, 0.15) is 5.01 Å². The van der Waals surface area contributed by atoms with E-state index in [1.807, 2.05) is 0 Å². The van der Waals surface area contributed by atoms with Crippen molar-refractivity contribution in [3.05, 3.63) is 16.1 Å². The van der Waals surface area contributed by atoms with Gasteiger partial charge in [-0.3, -0.25) is 9.59 Å². The molecule has 0 saturated carbocycles. The molecule has 1 atom stereocenters. The van der Waals surface area contributed by atoms with Gasteiger partial charge in [-0.1, -0.05) is 0 Å². The number of hydrogen-bond acceptors (Lipinski definition) is 5. The molecule has 1 saturated heterocycles. The quantitative estimate of drug-likeness (QED) is 0.859. The molecule has 2 amide bonds. The number of carbonyl (C=O) groups excluding carboxylic acids is 2. The first-order chi connectivity index (χ1) is 10.6. The summed E-state index contributed by atoms with van der Waals surface area (Å²) >= 11 is 3.44. The molecule has 2 heterocycles. The van der Waals surface area contributed by atoms with E-state index in [9.17, 15) is 9.59 Å². The highest BCUT2D eigenvalue weighted by Crippen LogP contribution is 2.17. The number of nitrogens with zero attached hydrogens (tertiary/aromatic N) is 2. The van der Waals surface area contributed by atoms with Crippen molar-refractivity contribution in [1.82, 2.24) is 15.2 Å². The number of carbonyl (C=O) groups is 2. The Hall–Kier alpha value is -1.08. The van der Waals surface area contributed by atoms with Gasteiger partial charge in [-0.05, 0) is 19.1 Å². The fourth-order valence-corrected chi connectivity index (χ4v) is 4.14. The van der Waals surface area contributed by atoms with E-state index in [2.05, 4.69) is 21.9 Å². The third-order valence-electron chi connectivity index (χ3n) is 3.79. The Morgan fingerprint density at radius 3 is 3.09 bits per heavy atom. The van der Waals surface area contributed by atoms with Gasteiger partial charge in [0.25, 0.3) is 0 Å². The van der Waals surface area contributed by atoms with Gasteiger partial charge in [0.15, 0.2) is 0 Å². The Morgan fingerprint density at radius 1 is 1.55 bits per heavy atom. The van der Waals surface area contributed by atoms with Crippen molar-refractivity contribution >= 4 is 34.9 Å². The Bertz CT molecular complexity index is 519. The van der Waals surface area contributed by atoms with Crippen LogP contribution in [-0.2, 0) is 21.8 Å². The number of thiazole rings is 1. The molecule has 1 N–H and O–H groups in total. The summed E-state index contributed by atoms with van der Waals surface area (Å²) in [6.07, 6.45) is 4.60. The summed E-state index contributed by atoms with van der Waals surface area (Å²) in [5, 5.41) is 6.19. The zero-order chi connectivity index (χ0) is 15.9. The average Bonchev–Trinajstić information content (AvgIpc) is 2.95. The van der Waals surface area contributed by atoms with Gasteiger partial charge in [-0.25, -0.2) is 4.98 Å². The highest BCUT2D eigenvalue weighted by Gasteiger charge is 2.26. The van der Waals surface area contributed by atoms with Crippen LogP contribution in [0.15, 0.2) is 5.38 Å². The maximum Gasteiger partial charge on any atom is 0.224 e. The van der Waals surface area contributed by atoms with Crippen LogP contribution < -0.4 is 5.32 Å². The van der Waals surface area contributed by atoms with Gasteiger partial charge >= 0.3 is 0 Å². The van der Waals surface area contributed by atoms with Gasteiger partial charge in [0.05, 0.1) is 11.6 Å². The predicted molar refractivity (Wildman–Crippen MR) is 91.0 cm³/mol. The molecule has 1 aromatic heterocycles. The lowest BCUT2D eigenvalue weighted by Crippen LogP contribution is -2.45. The molecular weight excluding hydrogens is 318 g/mol. The minimum absolute atomic E-state index is 0.0568. The lowest BCUT2D eigenvalue weighted by Gasteiger charge is -2.31. The van der Waals surface area contributed by atoms with Crippen LogP contribution >= 0.6 is 23.1 Å². The summed E-state index contributed by atoms with van der Waals surface area (Å²) in [7, 11) is 0. The molecule has 0 radical (unpaired) electrons. The zero-order valence-corrected chi connectivity index (χ0v) is 14.8. The van der Waals surface area contributed by atoms with E-state index in [0.717, 1.165) is 42.3 Å². The molecule has 2 rings (SSSR count). The van der Waals surface area contributed by atoms with E-state index < -0.39 is 0 Å². The van der Waals surface area contributed by atoms with Gasteiger partial charge in [-0.15, -0.1) is 11.3 Å². The minimum Gasteiger partial charge on any atom is -0.355 e. The third-order valence-corrected chi connectivity index (χ3v) is 5.43. The summed E-state index contributed by atoms with van der Waals surface area (Å²) in [5.74, 6) is 0.993. The van der Waals surface area contributed by atoms with Crippen molar-refractivity contribution in [2.24, 2.45) is 5.92 Å². The maximum absolute atomic E-state index is 12.2. The number of aromatic nitrogens is 1. The number of rotatable bonds is 6. The average molecular weight is 342 g/mol. The van der Waals surface area contributed by atoms with Crippen molar-refractivity contribution in [3.8, 4) is 0 Å². The standard InChI is InChI=1S/C15H23N3O2S2/c1-11(19)18-7-3-4-12(8-18)15(20)16-6-5-13-9-22-14(17-13)10-21-2/h9,12H,3-8,10H2,1-2H3,(H,16,20)/t12-/m0/s1. The highest BCUT2D eigenvalue weighted by atomic mass is 32.2. The number of likely N-dealkylation sites (tertiary alicyclic amines) is 1. The lowest BCUT2D eigenvalue weighted by atomic mass is 9.97. The Balaban J connectivity index is 1.73. The molecule has 0 spiro atoms. The fourth-order valence-electron chi connectivity index (χ4n) is 2.59. The van der Waals surface area contributed by atoms with Crippen LogP contribution in [0.4, 0.5) is 0 Å². The van der Waals surface area contributed by atoms with E-state index >= 15 is 0 Å². The molecule has 7 heteroatoms. The molecule has 1 aliphatic rings. The van der Waals surface area contributed by atoms with E-state index in [1.165, 1.54) is 0 Å². The second-order valence-corrected chi connectivity index (χ2v) is 7.32.